The van der Waals surface area contributed by atoms with Crippen LogP contribution in [0.5, 0.6) is 0 Å². The predicted molar refractivity (Wildman–Crippen MR) is 108 cm³/mol. The molecule has 1 aromatic heterocycles. The van der Waals surface area contributed by atoms with E-state index in [4.69, 9.17) is 10.6 Å². The van der Waals surface area contributed by atoms with Crippen LogP contribution in [-0.4, -0.2) is 59.3 Å². The number of ketones is 2. The van der Waals surface area contributed by atoms with Crippen molar-refractivity contribution in [1.29, 1.82) is 0 Å². The molecule has 3 unspecified atom stereocenters. The van der Waals surface area contributed by atoms with Gasteiger partial charge in [-0.05, 0) is 30.9 Å². The second kappa shape index (κ2) is 8.01. The second-order valence-corrected chi connectivity index (χ2v) is 8.09. The summed E-state index contributed by atoms with van der Waals surface area (Å²) in [4.78, 5) is 50.4. The van der Waals surface area contributed by atoms with Crippen molar-refractivity contribution in [3.8, 4) is 0 Å². The molecule has 1 aliphatic heterocycles. The van der Waals surface area contributed by atoms with Crippen molar-refractivity contribution < 1.29 is 19.2 Å². The molecule has 0 spiro atoms. The summed E-state index contributed by atoms with van der Waals surface area (Å²) in [5, 5.41) is 1.59. The van der Waals surface area contributed by atoms with E-state index in [0.717, 1.165) is 12.1 Å². The summed E-state index contributed by atoms with van der Waals surface area (Å²) in [6.45, 7) is 4.24. The van der Waals surface area contributed by atoms with Gasteiger partial charge in [0.05, 0.1) is 19.5 Å². The van der Waals surface area contributed by atoms with Gasteiger partial charge in [-0.25, -0.2) is 4.79 Å². The zero-order chi connectivity index (χ0) is 19.9. The van der Waals surface area contributed by atoms with Gasteiger partial charge in [-0.2, -0.15) is 0 Å². The summed E-state index contributed by atoms with van der Waals surface area (Å²) >= 11 is 0. The zero-order valence-corrected chi connectivity index (χ0v) is 17.3. The van der Waals surface area contributed by atoms with Crippen molar-refractivity contribution in [3.05, 3.63) is 24.5 Å². The Labute approximate surface area is 176 Å². The zero-order valence-electron chi connectivity index (χ0n) is 16.5. The van der Waals surface area contributed by atoms with E-state index in [1.807, 2.05) is 19.1 Å². The molecule has 2 aliphatic carbocycles. The predicted octanol–water partition coefficient (Wildman–Crippen LogP) is 1.13. The number of nitrogens with two attached hydrogens (primary N) is 1. The number of rotatable bonds is 3. The van der Waals surface area contributed by atoms with Crippen LogP contribution in [0.3, 0.4) is 0 Å². The molecule has 2 N–H and O–H groups in total. The van der Waals surface area contributed by atoms with E-state index in [9.17, 15) is 14.4 Å². The summed E-state index contributed by atoms with van der Waals surface area (Å²) in [5.74, 6) is -1.60. The number of halogens is 1. The maximum absolute atomic E-state index is 13.2. The van der Waals surface area contributed by atoms with Gasteiger partial charge in [0.25, 0.3) is 0 Å². The number of fused-ring (bicyclic) bond motifs is 1. The fourth-order valence-corrected chi connectivity index (χ4v) is 5.03. The molecule has 3 fully saturated rings. The third kappa shape index (κ3) is 3.23. The fraction of sp³-hybridized carbons (Fsp3) is 0.600. The van der Waals surface area contributed by atoms with E-state index >= 15 is 0 Å². The first kappa shape index (κ1) is 21.7. The largest absolute Gasteiger partial charge is 0.369 e. The lowest BCUT2D eigenvalue weighted by Crippen LogP contribution is -2.68. The molecule has 2 heterocycles. The average Bonchev–Trinajstić information content (AvgIpc) is 2.91. The Morgan fingerprint density at radius 3 is 2.48 bits per heavy atom. The molecule has 2 saturated carbocycles. The third-order valence-corrected chi connectivity index (χ3v) is 6.76. The monoisotopic (exact) mass is 422 g/mol. The van der Waals surface area contributed by atoms with Gasteiger partial charge in [0.2, 0.25) is 0 Å². The number of carbonyl (C=O) groups excluding carboxylic acids is 3. The molecular formula is C20H27ClN4O4. The van der Waals surface area contributed by atoms with Gasteiger partial charge in [0.1, 0.15) is 5.54 Å². The molecule has 3 atom stereocenters. The summed E-state index contributed by atoms with van der Waals surface area (Å²) < 4.78 is 0. The Kier molecular flexibility index (Phi) is 5.98. The molecule has 4 rings (SSSR count). The molecule has 0 bridgehead atoms. The van der Waals surface area contributed by atoms with Crippen LogP contribution < -0.4 is 10.6 Å². The highest BCUT2D eigenvalue weighted by Gasteiger charge is 2.71. The lowest BCUT2D eigenvalue weighted by Gasteiger charge is -2.47. The Morgan fingerprint density at radius 1 is 1.17 bits per heavy atom. The van der Waals surface area contributed by atoms with Crippen molar-refractivity contribution in [2.75, 3.05) is 31.1 Å². The number of piperazine rings is 1. The minimum atomic E-state index is -1.54. The van der Waals surface area contributed by atoms with Crippen molar-refractivity contribution >= 4 is 35.6 Å². The smallest absolute Gasteiger partial charge is 0.340 e. The molecular weight excluding hydrogens is 396 g/mol. The highest BCUT2D eigenvalue weighted by Crippen LogP contribution is 2.53. The first-order valence-electron chi connectivity index (χ1n) is 9.87. The lowest BCUT2D eigenvalue weighted by atomic mass is 9.58. The van der Waals surface area contributed by atoms with Gasteiger partial charge >= 0.3 is 5.97 Å². The Morgan fingerprint density at radius 2 is 1.83 bits per heavy atom. The molecule has 1 aromatic rings. The highest BCUT2D eigenvalue weighted by atomic mass is 35.5. The average molecular weight is 423 g/mol. The van der Waals surface area contributed by atoms with E-state index in [0.29, 0.717) is 32.6 Å². The summed E-state index contributed by atoms with van der Waals surface area (Å²) in [6, 6.07) is 3.88. The Hall–Kier alpha value is -2.03. The summed E-state index contributed by atoms with van der Waals surface area (Å²) in [5.41, 5.74) is 4.56. The topological polar surface area (TPSA) is 106 Å². The van der Waals surface area contributed by atoms with Gasteiger partial charge in [-0.3, -0.25) is 14.6 Å². The molecule has 1 saturated heterocycles. The number of Topliss-reactive ketones (excluding diaryl/α,β-unsaturated/α-hetero) is 2. The quantitative estimate of drug-likeness (QED) is 0.722. The van der Waals surface area contributed by atoms with Crippen LogP contribution in [0.15, 0.2) is 24.5 Å². The normalized spacial score (nSPS) is 32.5. The molecule has 0 radical (unpaired) electrons. The molecule has 0 aromatic carbocycles. The summed E-state index contributed by atoms with van der Waals surface area (Å²) in [6.07, 6.45) is 4.92. The fourth-order valence-electron chi connectivity index (χ4n) is 5.03. The molecule has 3 aliphatic rings. The van der Waals surface area contributed by atoms with Crippen LogP contribution in [0.25, 0.3) is 0 Å². The van der Waals surface area contributed by atoms with Crippen LogP contribution in [0.1, 0.15) is 32.6 Å². The standard InChI is InChI=1S/C20H26N4O4.ClH/c1-14-3-2-6-19(16(25)13-17(26)20(14,19)21)18(27)28-24-11-9-23(10-12-24)15-4-7-22-8-5-15;/h4-5,7-8,14H,2-3,6,9-13,21H2,1H3;1H. The number of nitrogens with zero attached hydrogens (tertiary/aromatic N) is 3. The van der Waals surface area contributed by atoms with Crippen LogP contribution in [0.2, 0.25) is 0 Å². The molecule has 9 heteroatoms. The first-order valence-corrected chi connectivity index (χ1v) is 9.87. The maximum Gasteiger partial charge on any atom is 0.340 e. The number of hydrogen-bond donors (Lipinski definition) is 1. The molecule has 29 heavy (non-hydrogen) atoms. The van der Waals surface area contributed by atoms with Gasteiger partial charge in [-0.1, -0.05) is 13.3 Å². The van der Waals surface area contributed by atoms with Gasteiger partial charge in [0, 0.05) is 31.2 Å². The van der Waals surface area contributed by atoms with Crippen LogP contribution >= 0.6 is 12.4 Å². The van der Waals surface area contributed by atoms with Crippen molar-refractivity contribution in [3.63, 3.8) is 0 Å². The van der Waals surface area contributed by atoms with E-state index in [1.54, 1.807) is 17.5 Å². The lowest BCUT2D eigenvalue weighted by molar-refractivity contribution is -0.210. The Balaban J connectivity index is 0.00000240. The number of hydrogen-bond acceptors (Lipinski definition) is 8. The van der Waals surface area contributed by atoms with Crippen LogP contribution in [0.4, 0.5) is 5.69 Å². The molecule has 0 amide bonds. The van der Waals surface area contributed by atoms with Crippen molar-refractivity contribution in [2.24, 2.45) is 17.1 Å². The first-order chi connectivity index (χ1) is 13.4. The Bertz CT molecular complexity index is 799. The molecule has 8 nitrogen and oxygen atoms in total. The van der Waals surface area contributed by atoms with Crippen LogP contribution in [0, 0.1) is 11.3 Å². The SMILES string of the molecule is CC1CCCC2(C(=O)ON3CCN(c4ccncc4)CC3)C(=O)CC(=O)C12N.Cl. The van der Waals surface area contributed by atoms with Crippen molar-refractivity contribution in [2.45, 2.75) is 38.1 Å². The number of anilines is 1. The van der Waals surface area contributed by atoms with Gasteiger partial charge in [-0.15, -0.1) is 17.5 Å². The van der Waals surface area contributed by atoms with E-state index < -0.39 is 16.9 Å². The highest BCUT2D eigenvalue weighted by molar-refractivity contribution is 6.23. The summed E-state index contributed by atoms with van der Waals surface area (Å²) in [7, 11) is 0. The van der Waals surface area contributed by atoms with E-state index in [-0.39, 0.29) is 42.7 Å². The van der Waals surface area contributed by atoms with Crippen molar-refractivity contribution in [1.82, 2.24) is 10.0 Å². The molecule has 158 valence electrons. The van der Waals surface area contributed by atoms with E-state index in [1.165, 1.54) is 0 Å². The van der Waals surface area contributed by atoms with Gasteiger partial charge < -0.3 is 15.5 Å². The van der Waals surface area contributed by atoms with Crippen LogP contribution in [-0.2, 0) is 19.2 Å². The number of aromatic nitrogens is 1. The van der Waals surface area contributed by atoms with Gasteiger partial charge in [0.15, 0.2) is 17.0 Å². The third-order valence-electron chi connectivity index (χ3n) is 6.76. The van der Waals surface area contributed by atoms with E-state index in [2.05, 4.69) is 9.88 Å². The second-order valence-electron chi connectivity index (χ2n) is 8.09. The maximum atomic E-state index is 13.2. The number of pyridine rings is 1. The number of carbonyl (C=O) groups is 3. The minimum absolute atomic E-state index is 0. The number of hydroxylamine groups is 2. The minimum Gasteiger partial charge on any atom is -0.369 e.